The predicted molar refractivity (Wildman–Crippen MR) is 117 cm³/mol. The number of para-hydroxylation sites is 1. The minimum absolute atomic E-state index is 0.229. The molecule has 1 atom stereocenters. The number of anilines is 1. The summed E-state index contributed by atoms with van der Waals surface area (Å²) in [5.74, 6) is -0.666. The van der Waals surface area contributed by atoms with Crippen molar-refractivity contribution in [3.8, 4) is 0 Å². The summed E-state index contributed by atoms with van der Waals surface area (Å²) in [5.41, 5.74) is 1.59. The number of nitrogens with zero attached hydrogens (tertiary/aromatic N) is 2. The fraction of sp³-hybridized carbons (Fsp3) is 0.364. The van der Waals surface area contributed by atoms with E-state index in [0.717, 1.165) is 4.88 Å². The zero-order chi connectivity index (χ0) is 21.8. The Balaban J connectivity index is 1.53. The fourth-order valence-corrected chi connectivity index (χ4v) is 4.72. The summed E-state index contributed by atoms with van der Waals surface area (Å²) in [6.07, 6.45) is 0. The van der Waals surface area contributed by atoms with E-state index in [2.05, 4.69) is 15.5 Å². The minimum atomic E-state index is -0.539. The van der Waals surface area contributed by atoms with E-state index in [1.807, 2.05) is 28.5 Å². The van der Waals surface area contributed by atoms with Crippen molar-refractivity contribution in [2.24, 2.45) is 0 Å². The molecule has 7 nitrogen and oxygen atoms in total. The lowest BCUT2D eigenvalue weighted by molar-refractivity contribution is -0.139. The third kappa shape index (κ3) is 4.72. The summed E-state index contributed by atoms with van der Waals surface area (Å²) < 4.78 is 19.4. The molecule has 2 amide bonds. The number of esters is 1. The zero-order valence-corrected chi connectivity index (χ0v) is 18.1. The summed E-state index contributed by atoms with van der Waals surface area (Å²) in [5, 5.41) is 7.57. The monoisotopic (exact) mass is 444 g/mol. The highest BCUT2D eigenvalue weighted by Gasteiger charge is 2.35. The highest BCUT2D eigenvalue weighted by molar-refractivity contribution is 7.10. The molecule has 1 saturated heterocycles. The van der Waals surface area contributed by atoms with Crippen molar-refractivity contribution in [1.82, 2.24) is 15.5 Å². The molecule has 9 heteroatoms. The zero-order valence-electron chi connectivity index (χ0n) is 17.3. The lowest BCUT2D eigenvalue weighted by Gasteiger charge is -2.38. The number of piperazine rings is 1. The van der Waals surface area contributed by atoms with Crippen LogP contribution in [0.4, 0.5) is 14.9 Å². The molecule has 0 unspecified atom stereocenters. The molecule has 0 aliphatic carbocycles. The van der Waals surface area contributed by atoms with Gasteiger partial charge in [-0.1, -0.05) is 18.2 Å². The Morgan fingerprint density at radius 3 is 2.65 bits per heavy atom. The van der Waals surface area contributed by atoms with Crippen LogP contribution in [-0.2, 0) is 9.53 Å². The van der Waals surface area contributed by atoms with Crippen LogP contribution < -0.4 is 15.5 Å². The summed E-state index contributed by atoms with van der Waals surface area (Å²) in [6.45, 7) is 5.10. The van der Waals surface area contributed by atoms with Crippen LogP contribution in [0.1, 0.15) is 17.8 Å². The molecule has 0 spiro atoms. The Labute approximate surface area is 184 Å². The molecule has 0 radical (unpaired) electrons. The molecule has 4 rings (SSSR count). The van der Waals surface area contributed by atoms with Gasteiger partial charge in [-0.15, -0.1) is 11.3 Å². The van der Waals surface area contributed by atoms with Gasteiger partial charge in [-0.05, 0) is 30.5 Å². The maximum Gasteiger partial charge on any atom is 0.338 e. The van der Waals surface area contributed by atoms with Crippen LogP contribution in [0, 0.1) is 5.82 Å². The molecule has 2 aliphatic heterocycles. The van der Waals surface area contributed by atoms with Gasteiger partial charge in [0.05, 0.1) is 23.9 Å². The number of carbonyl (C=O) groups excluding carboxylic acids is 2. The van der Waals surface area contributed by atoms with Crippen LogP contribution in [-0.4, -0.2) is 56.2 Å². The van der Waals surface area contributed by atoms with Crippen molar-refractivity contribution < 1.29 is 18.7 Å². The highest BCUT2D eigenvalue weighted by Crippen LogP contribution is 2.31. The number of hydrogen-bond donors (Lipinski definition) is 2. The number of hydrogen-bond acceptors (Lipinski definition) is 6. The van der Waals surface area contributed by atoms with Gasteiger partial charge in [-0.3, -0.25) is 4.90 Å². The van der Waals surface area contributed by atoms with E-state index in [0.29, 0.717) is 49.7 Å². The van der Waals surface area contributed by atoms with E-state index < -0.39 is 12.0 Å². The molecule has 2 aromatic rings. The van der Waals surface area contributed by atoms with Crippen LogP contribution in [0.25, 0.3) is 0 Å². The molecule has 1 aromatic carbocycles. The van der Waals surface area contributed by atoms with Gasteiger partial charge in [-0.2, -0.15) is 0 Å². The van der Waals surface area contributed by atoms with Gasteiger partial charge in [-0.25, -0.2) is 14.0 Å². The number of urea groups is 1. The van der Waals surface area contributed by atoms with Gasteiger partial charge in [0.2, 0.25) is 0 Å². The van der Waals surface area contributed by atoms with E-state index in [4.69, 9.17) is 4.74 Å². The van der Waals surface area contributed by atoms with Gasteiger partial charge in [0.25, 0.3) is 0 Å². The number of rotatable bonds is 6. The van der Waals surface area contributed by atoms with Crippen LogP contribution in [0.2, 0.25) is 0 Å². The molecule has 164 valence electrons. The van der Waals surface area contributed by atoms with E-state index in [-0.39, 0.29) is 18.5 Å². The Morgan fingerprint density at radius 1 is 1.19 bits per heavy atom. The van der Waals surface area contributed by atoms with Crippen molar-refractivity contribution in [2.45, 2.75) is 13.0 Å². The first-order chi connectivity index (χ1) is 15.1. The lowest BCUT2D eigenvalue weighted by atomic mass is 10.0. The second-order valence-corrected chi connectivity index (χ2v) is 8.35. The summed E-state index contributed by atoms with van der Waals surface area (Å²) >= 11 is 1.48. The van der Waals surface area contributed by atoms with Gasteiger partial charge in [0, 0.05) is 43.3 Å². The Hall–Kier alpha value is -2.91. The average molecular weight is 445 g/mol. The van der Waals surface area contributed by atoms with Gasteiger partial charge < -0.3 is 20.3 Å². The summed E-state index contributed by atoms with van der Waals surface area (Å²) in [7, 11) is 0. The molecule has 1 fully saturated rings. The Bertz CT molecular complexity index is 971. The standard InChI is InChI=1S/C22H25FN4O3S/c1-2-30-21(28)19-16(24-22(29)25-20(19)18-8-5-13-31-18)14-26-9-11-27(12-10-26)17-7-4-3-6-15(17)23/h3-8,13,20H,2,9-12,14H2,1H3,(H2,24,25,29)/t20-/m1/s1. The second kappa shape index (κ2) is 9.49. The van der Waals surface area contributed by atoms with Crippen molar-refractivity contribution in [3.05, 3.63) is 63.7 Å². The molecular weight excluding hydrogens is 419 g/mol. The third-order valence-corrected chi connectivity index (χ3v) is 6.36. The summed E-state index contributed by atoms with van der Waals surface area (Å²) in [6, 6.07) is 9.66. The lowest BCUT2D eigenvalue weighted by Crippen LogP contribution is -2.51. The second-order valence-electron chi connectivity index (χ2n) is 7.37. The first-order valence-electron chi connectivity index (χ1n) is 10.3. The molecule has 31 heavy (non-hydrogen) atoms. The third-order valence-electron chi connectivity index (χ3n) is 5.42. The first kappa shape index (κ1) is 21.3. The Morgan fingerprint density at radius 2 is 1.97 bits per heavy atom. The molecule has 1 aromatic heterocycles. The van der Waals surface area contributed by atoms with Crippen LogP contribution in [0.5, 0.6) is 0 Å². The number of halogens is 1. The maximum atomic E-state index is 14.1. The van der Waals surface area contributed by atoms with Crippen LogP contribution in [0.3, 0.4) is 0 Å². The number of carbonyl (C=O) groups is 2. The average Bonchev–Trinajstić information content (AvgIpc) is 3.29. The van der Waals surface area contributed by atoms with Crippen LogP contribution >= 0.6 is 11.3 Å². The highest BCUT2D eigenvalue weighted by atomic mass is 32.1. The molecule has 2 N–H and O–H groups in total. The Kier molecular flexibility index (Phi) is 6.53. The molecule has 0 saturated carbocycles. The molecule has 0 bridgehead atoms. The predicted octanol–water partition coefficient (Wildman–Crippen LogP) is 2.88. The minimum Gasteiger partial charge on any atom is -0.463 e. The number of amides is 2. The van der Waals surface area contributed by atoms with E-state index in [9.17, 15) is 14.0 Å². The van der Waals surface area contributed by atoms with Crippen molar-refractivity contribution in [2.75, 3.05) is 44.2 Å². The number of ether oxygens (including phenoxy) is 1. The fourth-order valence-electron chi connectivity index (χ4n) is 3.94. The van der Waals surface area contributed by atoms with Crippen molar-refractivity contribution in [1.29, 1.82) is 0 Å². The maximum absolute atomic E-state index is 14.1. The van der Waals surface area contributed by atoms with Crippen LogP contribution in [0.15, 0.2) is 53.0 Å². The van der Waals surface area contributed by atoms with E-state index in [1.165, 1.54) is 17.4 Å². The van der Waals surface area contributed by atoms with E-state index >= 15 is 0 Å². The van der Waals surface area contributed by atoms with Crippen molar-refractivity contribution >= 4 is 29.0 Å². The number of nitrogens with one attached hydrogen (secondary N) is 2. The first-order valence-corrected chi connectivity index (χ1v) is 11.2. The smallest absolute Gasteiger partial charge is 0.338 e. The molecule has 3 heterocycles. The van der Waals surface area contributed by atoms with E-state index in [1.54, 1.807) is 19.1 Å². The van der Waals surface area contributed by atoms with Gasteiger partial charge >= 0.3 is 12.0 Å². The van der Waals surface area contributed by atoms with Gasteiger partial charge in [0.1, 0.15) is 5.82 Å². The topological polar surface area (TPSA) is 73.9 Å². The van der Waals surface area contributed by atoms with Crippen molar-refractivity contribution in [3.63, 3.8) is 0 Å². The number of benzene rings is 1. The SMILES string of the molecule is CCOC(=O)C1=C(CN2CCN(c3ccccc3F)CC2)NC(=O)N[C@@H]1c1cccs1. The normalized spacial score (nSPS) is 19.7. The quantitative estimate of drug-likeness (QED) is 0.671. The molecular formula is C22H25FN4O3S. The van der Waals surface area contributed by atoms with Gasteiger partial charge in [0.15, 0.2) is 0 Å². The number of thiophene rings is 1. The largest absolute Gasteiger partial charge is 0.463 e. The molecule has 2 aliphatic rings. The summed E-state index contributed by atoms with van der Waals surface area (Å²) in [4.78, 5) is 30.2.